The minimum Gasteiger partial charge on any atom is -0.443 e. The van der Waals surface area contributed by atoms with Gasteiger partial charge in [0.05, 0.1) is 17.1 Å². The Balaban J connectivity index is 2.25. The third-order valence-corrected chi connectivity index (χ3v) is 4.19. The highest BCUT2D eigenvalue weighted by molar-refractivity contribution is 9.10. The molecule has 0 N–H and O–H groups in total. The molecule has 0 bridgehead atoms. The number of ether oxygens (including phenoxy) is 1. The van der Waals surface area contributed by atoms with Crippen molar-refractivity contribution in [3.63, 3.8) is 0 Å². The number of benzene rings is 2. The van der Waals surface area contributed by atoms with E-state index < -0.39 is 11.7 Å². The Labute approximate surface area is 154 Å². The van der Waals surface area contributed by atoms with E-state index in [4.69, 9.17) is 4.74 Å². The van der Waals surface area contributed by atoms with Gasteiger partial charge in [0.15, 0.2) is 0 Å². The Bertz CT molecular complexity index is 1010. The van der Waals surface area contributed by atoms with Gasteiger partial charge in [-0.15, -0.1) is 0 Å². The summed E-state index contributed by atoms with van der Waals surface area (Å²) in [5, 5.41) is 10.3. The molecule has 1 heterocycles. The number of aromatic nitrogens is 1. The minimum absolute atomic E-state index is 0.444. The molecule has 5 heteroatoms. The van der Waals surface area contributed by atoms with E-state index in [0.29, 0.717) is 5.56 Å². The van der Waals surface area contributed by atoms with Crippen LogP contribution in [0.25, 0.3) is 22.0 Å². The van der Waals surface area contributed by atoms with Crippen LogP contribution in [0.3, 0.4) is 0 Å². The number of carbonyl (C=O) groups is 1. The summed E-state index contributed by atoms with van der Waals surface area (Å²) in [6.45, 7) is 5.50. The molecule has 0 saturated heterocycles. The van der Waals surface area contributed by atoms with Crippen LogP contribution in [-0.2, 0) is 4.74 Å². The number of nitriles is 1. The molecule has 0 amide bonds. The average Bonchev–Trinajstić information content (AvgIpc) is 2.92. The molecule has 2 aromatic carbocycles. The van der Waals surface area contributed by atoms with Crippen molar-refractivity contribution in [3.05, 3.63) is 58.7 Å². The molecule has 126 valence electrons. The largest absolute Gasteiger partial charge is 0.443 e. The maximum absolute atomic E-state index is 12.6. The lowest BCUT2D eigenvalue weighted by Gasteiger charge is -2.19. The zero-order chi connectivity index (χ0) is 18.2. The van der Waals surface area contributed by atoms with Crippen molar-refractivity contribution >= 4 is 32.9 Å². The SMILES string of the molecule is CC(C)(C)OC(=O)n1cc(-c2ccccc2C#N)c2cc(Br)ccc21. The Morgan fingerprint density at radius 1 is 1.16 bits per heavy atom. The molecule has 1 aromatic heterocycles. The van der Waals surface area contributed by atoms with E-state index in [1.165, 1.54) is 4.57 Å². The molecule has 0 saturated carbocycles. The number of halogens is 1. The Morgan fingerprint density at radius 3 is 2.56 bits per heavy atom. The smallest absolute Gasteiger partial charge is 0.419 e. The van der Waals surface area contributed by atoms with Crippen molar-refractivity contribution in [2.24, 2.45) is 0 Å². The van der Waals surface area contributed by atoms with Crippen molar-refractivity contribution in [2.75, 3.05) is 0 Å². The first kappa shape index (κ1) is 17.2. The molecule has 25 heavy (non-hydrogen) atoms. The first-order valence-electron chi connectivity index (χ1n) is 7.83. The van der Waals surface area contributed by atoms with E-state index in [-0.39, 0.29) is 0 Å². The molecule has 0 fully saturated rings. The molecule has 4 nitrogen and oxygen atoms in total. The van der Waals surface area contributed by atoms with E-state index in [0.717, 1.165) is 26.5 Å². The number of fused-ring (bicyclic) bond motifs is 1. The summed E-state index contributed by atoms with van der Waals surface area (Å²) in [5.41, 5.74) is 2.31. The summed E-state index contributed by atoms with van der Waals surface area (Å²) in [4.78, 5) is 12.6. The fourth-order valence-electron chi connectivity index (χ4n) is 2.69. The summed E-state index contributed by atoms with van der Waals surface area (Å²) < 4.78 is 7.91. The van der Waals surface area contributed by atoms with Crippen LogP contribution in [0.2, 0.25) is 0 Å². The highest BCUT2D eigenvalue weighted by atomic mass is 79.9. The molecule has 3 rings (SSSR count). The highest BCUT2D eigenvalue weighted by Crippen LogP contribution is 2.34. The predicted molar refractivity (Wildman–Crippen MR) is 101 cm³/mol. The zero-order valence-corrected chi connectivity index (χ0v) is 15.8. The molecule has 0 spiro atoms. The monoisotopic (exact) mass is 396 g/mol. The van der Waals surface area contributed by atoms with Crippen molar-refractivity contribution in [3.8, 4) is 17.2 Å². The van der Waals surface area contributed by atoms with E-state index in [1.54, 1.807) is 12.3 Å². The van der Waals surface area contributed by atoms with Crippen LogP contribution in [0.4, 0.5) is 4.79 Å². The summed E-state index contributed by atoms with van der Waals surface area (Å²) in [7, 11) is 0. The molecule has 0 unspecified atom stereocenters. The molecule has 3 aromatic rings. The standard InChI is InChI=1S/C20H17BrN2O2/c1-20(2,3)25-19(24)23-12-17(15-7-5-4-6-13(15)11-22)16-10-14(21)8-9-18(16)23/h4-10,12H,1-3H3. The maximum atomic E-state index is 12.6. The van der Waals surface area contributed by atoms with Gasteiger partial charge in [0, 0.05) is 27.2 Å². The Morgan fingerprint density at radius 2 is 1.88 bits per heavy atom. The molecule has 0 aliphatic rings. The van der Waals surface area contributed by atoms with Gasteiger partial charge in [-0.05, 0) is 45.0 Å². The van der Waals surface area contributed by atoms with Crippen LogP contribution in [0, 0.1) is 11.3 Å². The lowest BCUT2D eigenvalue weighted by Crippen LogP contribution is -2.26. The van der Waals surface area contributed by atoms with Gasteiger partial charge in [0.2, 0.25) is 0 Å². The normalized spacial score (nSPS) is 11.3. The van der Waals surface area contributed by atoms with Crippen molar-refractivity contribution in [1.82, 2.24) is 4.57 Å². The van der Waals surface area contributed by atoms with E-state index in [9.17, 15) is 10.1 Å². The van der Waals surface area contributed by atoms with Crippen molar-refractivity contribution < 1.29 is 9.53 Å². The van der Waals surface area contributed by atoms with Gasteiger partial charge < -0.3 is 4.74 Å². The first-order valence-corrected chi connectivity index (χ1v) is 8.63. The number of nitrogens with zero attached hydrogens (tertiary/aromatic N) is 2. The fourth-order valence-corrected chi connectivity index (χ4v) is 3.06. The summed E-state index contributed by atoms with van der Waals surface area (Å²) in [6.07, 6.45) is 1.29. The lowest BCUT2D eigenvalue weighted by atomic mass is 10.00. The van der Waals surface area contributed by atoms with Crippen LogP contribution in [0.15, 0.2) is 53.1 Å². The average molecular weight is 397 g/mol. The quantitative estimate of drug-likeness (QED) is 0.527. The van der Waals surface area contributed by atoms with E-state index >= 15 is 0 Å². The van der Waals surface area contributed by atoms with Gasteiger partial charge in [0.25, 0.3) is 0 Å². The van der Waals surface area contributed by atoms with Gasteiger partial charge in [-0.2, -0.15) is 5.26 Å². The molecular formula is C20H17BrN2O2. The topological polar surface area (TPSA) is 55.0 Å². The van der Waals surface area contributed by atoms with Crippen LogP contribution in [0.5, 0.6) is 0 Å². The van der Waals surface area contributed by atoms with Crippen LogP contribution < -0.4 is 0 Å². The van der Waals surface area contributed by atoms with Crippen LogP contribution in [-0.4, -0.2) is 16.3 Å². The van der Waals surface area contributed by atoms with Crippen LogP contribution in [0.1, 0.15) is 26.3 Å². The first-order chi connectivity index (χ1) is 11.8. The van der Waals surface area contributed by atoms with Gasteiger partial charge in [-0.3, -0.25) is 4.57 Å². The summed E-state index contributed by atoms with van der Waals surface area (Å²) >= 11 is 3.48. The lowest BCUT2D eigenvalue weighted by molar-refractivity contribution is 0.0544. The second kappa shape index (κ2) is 6.38. The number of hydrogen-bond acceptors (Lipinski definition) is 3. The van der Waals surface area contributed by atoms with E-state index in [2.05, 4.69) is 22.0 Å². The molecule has 0 atom stereocenters. The third-order valence-electron chi connectivity index (χ3n) is 3.69. The third kappa shape index (κ3) is 3.45. The minimum atomic E-state index is -0.590. The molecule has 0 radical (unpaired) electrons. The maximum Gasteiger partial charge on any atom is 0.419 e. The predicted octanol–water partition coefficient (Wildman–Crippen LogP) is 5.73. The number of hydrogen-bond donors (Lipinski definition) is 0. The molecule has 0 aliphatic heterocycles. The Kier molecular flexibility index (Phi) is 4.40. The van der Waals surface area contributed by atoms with E-state index in [1.807, 2.05) is 57.2 Å². The second-order valence-corrected chi connectivity index (χ2v) is 7.63. The summed E-state index contributed by atoms with van der Waals surface area (Å²) in [6, 6.07) is 15.3. The zero-order valence-electron chi connectivity index (χ0n) is 14.2. The van der Waals surface area contributed by atoms with Crippen LogP contribution >= 0.6 is 15.9 Å². The Hall–Kier alpha value is -2.58. The highest BCUT2D eigenvalue weighted by Gasteiger charge is 2.22. The number of rotatable bonds is 1. The van der Waals surface area contributed by atoms with Gasteiger partial charge in [0.1, 0.15) is 5.60 Å². The fraction of sp³-hybridized carbons (Fsp3) is 0.200. The summed E-state index contributed by atoms with van der Waals surface area (Å²) in [5.74, 6) is 0. The van der Waals surface area contributed by atoms with Gasteiger partial charge in [-0.1, -0.05) is 34.1 Å². The molecule has 0 aliphatic carbocycles. The van der Waals surface area contributed by atoms with Gasteiger partial charge >= 0.3 is 6.09 Å². The number of carbonyl (C=O) groups excluding carboxylic acids is 1. The van der Waals surface area contributed by atoms with Crippen molar-refractivity contribution in [1.29, 1.82) is 5.26 Å². The second-order valence-electron chi connectivity index (χ2n) is 6.71. The van der Waals surface area contributed by atoms with Crippen molar-refractivity contribution in [2.45, 2.75) is 26.4 Å². The van der Waals surface area contributed by atoms with Gasteiger partial charge in [-0.25, -0.2) is 4.79 Å². The molecular weight excluding hydrogens is 380 g/mol.